The third-order valence-electron chi connectivity index (χ3n) is 4.42. The van der Waals surface area contributed by atoms with Crippen molar-refractivity contribution in [2.75, 3.05) is 39.3 Å². The van der Waals surface area contributed by atoms with E-state index in [9.17, 15) is 31.2 Å². The molecular weight excluding hydrogens is 425 g/mol. The molecule has 2 rings (SSSR count). The number of urea groups is 1. The zero-order chi connectivity index (χ0) is 22.5. The average molecular weight is 450 g/mol. The van der Waals surface area contributed by atoms with Crippen LogP contribution in [0.2, 0.25) is 0 Å². The van der Waals surface area contributed by atoms with Gasteiger partial charge < -0.3 is 5.32 Å². The maximum Gasteiger partial charge on any atom is 0.416 e. The first-order chi connectivity index (χ1) is 13.9. The summed E-state index contributed by atoms with van der Waals surface area (Å²) >= 11 is 0. The quantitative estimate of drug-likeness (QED) is 0.684. The van der Waals surface area contributed by atoms with E-state index in [2.05, 4.69) is 10.6 Å². The Hall–Kier alpha value is -2.18. The van der Waals surface area contributed by atoms with Crippen LogP contribution in [0.1, 0.15) is 19.4 Å². The van der Waals surface area contributed by atoms with Crippen molar-refractivity contribution in [3.63, 3.8) is 0 Å². The number of hydrogen-bond donors (Lipinski definition) is 2. The van der Waals surface area contributed by atoms with Gasteiger partial charge in [-0.2, -0.15) is 17.5 Å². The Bertz CT molecular complexity index is 866. The number of nitrogens with one attached hydrogen (secondary N) is 2. The van der Waals surface area contributed by atoms with Crippen molar-refractivity contribution in [1.29, 1.82) is 0 Å². The van der Waals surface area contributed by atoms with Crippen LogP contribution in [0.25, 0.3) is 0 Å². The van der Waals surface area contributed by atoms with Crippen LogP contribution in [0, 0.1) is 5.92 Å². The van der Waals surface area contributed by atoms with Gasteiger partial charge >= 0.3 is 12.2 Å². The van der Waals surface area contributed by atoms with Gasteiger partial charge in [-0.05, 0) is 24.1 Å². The van der Waals surface area contributed by atoms with Crippen molar-refractivity contribution in [3.05, 3.63) is 29.8 Å². The second kappa shape index (κ2) is 9.75. The highest BCUT2D eigenvalue weighted by molar-refractivity contribution is 7.89. The number of alkyl halides is 3. The Morgan fingerprint density at radius 2 is 1.77 bits per heavy atom. The van der Waals surface area contributed by atoms with E-state index in [0.29, 0.717) is 12.6 Å². The Kier molecular flexibility index (Phi) is 7.83. The number of rotatable bonds is 6. The van der Waals surface area contributed by atoms with Crippen molar-refractivity contribution in [3.8, 4) is 0 Å². The molecular formula is C18H25F3N4O4S. The van der Waals surface area contributed by atoms with Gasteiger partial charge in [0.05, 0.1) is 17.0 Å². The van der Waals surface area contributed by atoms with E-state index in [1.165, 1.54) is 0 Å². The zero-order valence-corrected chi connectivity index (χ0v) is 17.5. The first-order valence-corrected chi connectivity index (χ1v) is 10.8. The number of hydrogen-bond acceptors (Lipinski definition) is 5. The largest absolute Gasteiger partial charge is 0.416 e. The predicted molar refractivity (Wildman–Crippen MR) is 103 cm³/mol. The first-order valence-electron chi connectivity index (χ1n) is 9.37. The van der Waals surface area contributed by atoms with E-state index in [-0.39, 0.29) is 38.6 Å². The van der Waals surface area contributed by atoms with Gasteiger partial charge in [-0.3, -0.25) is 15.0 Å². The maximum absolute atomic E-state index is 12.9. The van der Waals surface area contributed by atoms with Crippen molar-refractivity contribution in [1.82, 2.24) is 19.8 Å². The number of piperazine rings is 1. The fraction of sp³-hybridized carbons (Fsp3) is 0.556. The minimum Gasteiger partial charge on any atom is -0.338 e. The fourth-order valence-electron chi connectivity index (χ4n) is 2.82. The lowest BCUT2D eigenvalue weighted by molar-refractivity contribution is -0.137. The summed E-state index contributed by atoms with van der Waals surface area (Å²) in [5.41, 5.74) is -1.03. The molecule has 1 saturated heterocycles. The Balaban J connectivity index is 1.90. The van der Waals surface area contributed by atoms with Crippen molar-refractivity contribution in [2.24, 2.45) is 5.92 Å². The average Bonchev–Trinajstić information content (AvgIpc) is 2.66. The normalized spacial score (nSPS) is 16.5. The summed E-state index contributed by atoms with van der Waals surface area (Å²) in [5.74, 6) is -0.289. The molecule has 8 nitrogen and oxygen atoms in total. The van der Waals surface area contributed by atoms with Crippen LogP contribution in [0.3, 0.4) is 0 Å². The summed E-state index contributed by atoms with van der Waals surface area (Å²) in [7, 11) is -4.09. The molecule has 2 N–H and O–H groups in total. The van der Waals surface area contributed by atoms with Gasteiger partial charge in [0.15, 0.2) is 0 Å². The van der Waals surface area contributed by atoms with Crippen LogP contribution in [-0.4, -0.2) is 68.8 Å². The van der Waals surface area contributed by atoms with Crippen LogP contribution in [-0.2, 0) is 21.0 Å². The zero-order valence-electron chi connectivity index (χ0n) is 16.7. The second-order valence-corrected chi connectivity index (χ2v) is 9.30. The standard InChI is InChI=1S/C18H25F3N4O4S/c1-13(2)11-22-17(27)23-16(26)12-24-6-8-25(9-7-24)30(28,29)15-5-3-4-14(10-15)18(19,20)21/h3-5,10,13H,6-9,11-12H2,1-2H3,(H2,22,23,26,27). The number of benzene rings is 1. The van der Waals surface area contributed by atoms with Crippen molar-refractivity contribution in [2.45, 2.75) is 24.9 Å². The summed E-state index contributed by atoms with van der Waals surface area (Å²) in [6, 6.07) is 3.01. The number of carbonyl (C=O) groups excluding carboxylic acids is 2. The van der Waals surface area contributed by atoms with Gasteiger partial charge in [0.2, 0.25) is 15.9 Å². The lowest BCUT2D eigenvalue weighted by Crippen LogP contribution is -2.52. The minimum absolute atomic E-state index is 0.0193. The third-order valence-corrected chi connectivity index (χ3v) is 6.32. The number of nitrogens with zero attached hydrogens (tertiary/aromatic N) is 2. The maximum atomic E-state index is 12.9. The van der Waals surface area contributed by atoms with E-state index in [1.54, 1.807) is 4.90 Å². The van der Waals surface area contributed by atoms with Gasteiger partial charge in [0, 0.05) is 32.7 Å². The monoisotopic (exact) mass is 450 g/mol. The van der Waals surface area contributed by atoms with Crippen LogP contribution >= 0.6 is 0 Å². The summed E-state index contributed by atoms with van der Waals surface area (Å²) in [5, 5.41) is 4.75. The molecule has 12 heteroatoms. The van der Waals surface area contributed by atoms with Crippen LogP contribution < -0.4 is 10.6 Å². The van der Waals surface area contributed by atoms with Crippen LogP contribution in [0.15, 0.2) is 29.2 Å². The van der Waals surface area contributed by atoms with Gasteiger partial charge in [0.1, 0.15) is 0 Å². The molecule has 0 bridgehead atoms. The van der Waals surface area contributed by atoms with E-state index in [0.717, 1.165) is 22.5 Å². The molecule has 0 aliphatic carbocycles. The summed E-state index contributed by atoms with van der Waals surface area (Å²) in [4.78, 5) is 24.8. The smallest absolute Gasteiger partial charge is 0.338 e. The Labute approximate surface area is 173 Å². The van der Waals surface area contributed by atoms with Crippen LogP contribution in [0.4, 0.5) is 18.0 Å². The molecule has 0 saturated carbocycles. The first kappa shape index (κ1) is 24.1. The molecule has 0 aromatic heterocycles. The number of carbonyl (C=O) groups is 2. The molecule has 30 heavy (non-hydrogen) atoms. The molecule has 0 radical (unpaired) electrons. The molecule has 0 spiro atoms. The molecule has 1 heterocycles. The fourth-order valence-corrected chi connectivity index (χ4v) is 4.29. The third kappa shape index (κ3) is 6.67. The van der Waals surface area contributed by atoms with Gasteiger partial charge in [-0.25, -0.2) is 13.2 Å². The second-order valence-electron chi connectivity index (χ2n) is 7.36. The topological polar surface area (TPSA) is 98.8 Å². The van der Waals surface area contributed by atoms with E-state index in [4.69, 9.17) is 0 Å². The van der Waals surface area contributed by atoms with Gasteiger partial charge in [-0.15, -0.1) is 0 Å². The number of amides is 3. The molecule has 0 atom stereocenters. The summed E-state index contributed by atoms with van der Waals surface area (Å²) in [6.07, 6.45) is -4.64. The number of imide groups is 1. The van der Waals surface area contributed by atoms with Gasteiger partial charge in [0.25, 0.3) is 0 Å². The summed E-state index contributed by atoms with van der Waals surface area (Å²) < 4.78 is 65.0. The molecule has 0 unspecified atom stereocenters. The number of halogens is 3. The Morgan fingerprint density at radius 1 is 1.13 bits per heavy atom. The predicted octanol–water partition coefficient (Wildman–Crippen LogP) is 1.49. The highest BCUT2D eigenvalue weighted by atomic mass is 32.2. The van der Waals surface area contributed by atoms with Crippen molar-refractivity contribution >= 4 is 22.0 Å². The molecule has 1 aliphatic heterocycles. The molecule has 3 amide bonds. The minimum atomic E-state index is -4.64. The van der Waals surface area contributed by atoms with Crippen LogP contribution in [0.5, 0.6) is 0 Å². The molecule has 1 aromatic rings. The Morgan fingerprint density at radius 3 is 2.33 bits per heavy atom. The lowest BCUT2D eigenvalue weighted by Gasteiger charge is -2.33. The molecule has 168 valence electrons. The highest BCUT2D eigenvalue weighted by Crippen LogP contribution is 2.31. The molecule has 1 aromatic carbocycles. The van der Waals surface area contributed by atoms with E-state index < -0.39 is 38.6 Å². The SMILES string of the molecule is CC(C)CNC(=O)NC(=O)CN1CCN(S(=O)(=O)c2cccc(C(F)(F)F)c2)CC1. The van der Waals surface area contributed by atoms with E-state index >= 15 is 0 Å². The molecule has 1 aliphatic rings. The van der Waals surface area contributed by atoms with Gasteiger partial charge in [-0.1, -0.05) is 19.9 Å². The highest BCUT2D eigenvalue weighted by Gasteiger charge is 2.34. The van der Waals surface area contributed by atoms with Crippen molar-refractivity contribution < 1.29 is 31.2 Å². The van der Waals surface area contributed by atoms with E-state index in [1.807, 2.05) is 13.8 Å². The molecule has 1 fully saturated rings. The number of sulfonamides is 1. The lowest BCUT2D eigenvalue weighted by atomic mass is 10.2. The summed E-state index contributed by atoms with van der Waals surface area (Å²) in [6.45, 7) is 4.61.